The number of nitrogen functional groups attached to an aromatic ring is 1. The summed E-state index contributed by atoms with van der Waals surface area (Å²) in [6.07, 6.45) is 4.15. The van der Waals surface area contributed by atoms with Gasteiger partial charge in [0.15, 0.2) is 10.8 Å². The third kappa shape index (κ3) is 4.66. The molecular formula is C20H24N6O6S2. The Bertz CT molecular complexity index is 1110. The van der Waals surface area contributed by atoms with E-state index in [1.54, 1.807) is 11.5 Å². The number of aliphatic carboxylic acids is 1. The number of β-lactam (4-membered cyclic amide) rings is 1. The Kier molecular flexibility index (Phi) is 6.66. The summed E-state index contributed by atoms with van der Waals surface area (Å²) >= 11 is 2.47. The first-order valence-electron chi connectivity index (χ1n) is 10.3. The summed E-state index contributed by atoms with van der Waals surface area (Å²) in [5, 5.41) is 19.4. The highest BCUT2D eigenvalue weighted by molar-refractivity contribution is 8.00. The van der Waals surface area contributed by atoms with Crippen molar-refractivity contribution in [3.8, 4) is 0 Å². The van der Waals surface area contributed by atoms with Gasteiger partial charge in [0, 0.05) is 17.6 Å². The Morgan fingerprint density at radius 1 is 1.47 bits per heavy atom. The summed E-state index contributed by atoms with van der Waals surface area (Å²) in [6.45, 7) is 0.839. The monoisotopic (exact) mass is 508 g/mol. The van der Waals surface area contributed by atoms with Crippen molar-refractivity contribution in [3.05, 3.63) is 34.5 Å². The maximum atomic E-state index is 12.9. The number of hydroxylamine groups is 3. The van der Waals surface area contributed by atoms with Crippen molar-refractivity contribution in [3.63, 3.8) is 0 Å². The van der Waals surface area contributed by atoms with Gasteiger partial charge in [-0.1, -0.05) is 11.2 Å². The largest absolute Gasteiger partial charge is 0.543 e. The van der Waals surface area contributed by atoms with Crippen LogP contribution in [0.15, 0.2) is 34.0 Å². The van der Waals surface area contributed by atoms with Crippen LogP contribution in [0.5, 0.6) is 0 Å². The molecule has 182 valence electrons. The molecule has 1 aromatic heterocycles. The van der Waals surface area contributed by atoms with Crippen LogP contribution in [-0.2, 0) is 24.1 Å². The van der Waals surface area contributed by atoms with E-state index in [4.69, 9.17) is 15.4 Å². The first-order chi connectivity index (χ1) is 16.1. The fourth-order valence-corrected chi connectivity index (χ4v) is 5.79. The number of hydrogen-bond donors (Lipinski definition) is 2. The smallest absolute Gasteiger partial charge is 0.276 e. The number of carbonyl (C=O) groups excluding carboxylic acids is 3. The first-order valence-corrected chi connectivity index (χ1v) is 12.3. The Morgan fingerprint density at radius 3 is 2.82 bits per heavy atom. The van der Waals surface area contributed by atoms with E-state index in [9.17, 15) is 19.5 Å². The Labute approximate surface area is 203 Å². The highest BCUT2D eigenvalue weighted by Gasteiger charge is 2.53. The number of oxime groups is 1. The molecule has 14 heteroatoms. The van der Waals surface area contributed by atoms with Crippen LogP contribution in [-0.4, -0.2) is 89.0 Å². The van der Waals surface area contributed by atoms with Gasteiger partial charge in [-0.2, -0.15) is 9.48 Å². The number of carboxylic acid groups (broad SMARTS) is 1. The Balaban J connectivity index is 1.49. The minimum Gasteiger partial charge on any atom is -0.543 e. The number of anilines is 1. The molecule has 12 nitrogen and oxygen atoms in total. The fourth-order valence-electron chi connectivity index (χ4n) is 3.93. The molecule has 4 rings (SSSR count). The first kappa shape index (κ1) is 24.2. The van der Waals surface area contributed by atoms with Gasteiger partial charge < -0.3 is 25.8 Å². The van der Waals surface area contributed by atoms with Crippen LogP contribution in [0.3, 0.4) is 0 Å². The van der Waals surface area contributed by atoms with Crippen LogP contribution in [0, 0.1) is 0 Å². The van der Waals surface area contributed by atoms with E-state index in [2.05, 4.69) is 15.5 Å². The zero-order chi connectivity index (χ0) is 24.6. The van der Waals surface area contributed by atoms with Crippen LogP contribution >= 0.6 is 23.1 Å². The van der Waals surface area contributed by atoms with E-state index < -0.39 is 29.2 Å². The van der Waals surface area contributed by atoms with E-state index in [1.165, 1.54) is 18.9 Å². The minimum absolute atomic E-state index is 0.139. The zero-order valence-corrected chi connectivity index (χ0v) is 20.4. The number of rotatable bonds is 7. The van der Waals surface area contributed by atoms with Crippen molar-refractivity contribution in [2.45, 2.75) is 23.9 Å². The SMILES string of the molecule is CO/N=C(\C(=O)N[C@@H]1C(=O)N2C(C(=O)[O-])=C(/C=C/C3CC[N+](C)(C)O3)CS[C@H]12)c1csc(N)n1. The van der Waals surface area contributed by atoms with Crippen LogP contribution < -0.4 is 16.2 Å². The van der Waals surface area contributed by atoms with Gasteiger partial charge in [-0.3, -0.25) is 14.5 Å². The highest BCUT2D eigenvalue weighted by Crippen LogP contribution is 2.40. The van der Waals surface area contributed by atoms with Gasteiger partial charge in [0.2, 0.25) is 0 Å². The number of amides is 2. The number of fused-ring (bicyclic) bond motifs is 1. The second kappa shape index (κ2) is 9.37. The topological polar surface area (TPSA) is 159 Å². The van der Waals surface area contributed by atoms with Crippen molar-refractivity contribution in [1.82, 2.24) is 15.2 Å². The second-order valence-corrected chi connectivity index (χ2v) is 10.3. The third-order valence-electron chi connectivity index (χ3n) is 5.52. The average molecular weight is 509 g/mol. The minimum atomic E-state index is -1.45. The molecule has 2 saturated heterocycles. The quantitative estimate of drug-likeness (QED) is 0.200. The Hall–Kier alpha value is -2.94. The number of carboxylic acids is 1. The molecule has 3 aliphatic heterocycles. The standard InChI is InChI=1S/C20H24N6O6S2/c1-26(2)7-6-11(32-26)5-4-10-8-33-18-14(17(28)25(18)15(10)19(29)30)23-16(27)13(24-31-3)12-9-34-20(21)22-12/h4-5,9,11,14,18H,6-8H2,1-3H3,(H3-,21,22,23,27,29,30)/b5-4+,24-13-/t11?,14-,18-/m1/s1. The number of aromatic nitrogens is 1. The van der Waals surface area contributed by atoms with Gasteiger partial charge in [-0.15, -0.1) is 23.1 Å². The molecule has 0 aliphatic carbocycles. The molecule has 2 fully saturated rings. The fraction of sp³-hybridized carbons (Fsp3) is 0.450. The molecule has 0 radical (unpaired) electrons. The van der Waals surface area contributed by atoms with E-state index in [1.807, 2.05) is 20.2 Å². The maximum Gasteiger partial charge on any atom is 0.276 e. The van der Waals surface area contributed by atoms with Gasteiger partial charge >= 0.3 is 0 Å². The lowest BCUT2D eigenvalue weighted by Gasteiger charge is -2.50. The lowest BCUT2D eigenvalue weighted by atomic mass is 10.0. The van der Waals surface area contributed by atoms with Crippen LogP contribution in [0.2, 0.25) is 0 Å². The zero-order valence-electron chi connectivity index (χ0n) is 18.7. The second-order valence-electron chi connectivity index (χ2n) is 8.30. The van der Waals surface area contributed by atoms with Crippen molar-refractivity contribution in [2.75, 3.05) is 39.2 Å². The number of carbonyl (C=O) groups is 3. The Morgan fingerprint density at radius 2 is 2.24 bits per heavy atom. The number of hydrogen-bond acceptors (Lipinski definition) is 11. The summed E-state index contributed by atoms with van der Waals surface area (Å²) in [4.78, 5) is 53.4. The van der Waals surface area contributed by atoms with Crippen LogP contribution in [0.4, 0.5) is 5.13 Å². The molecule has 0 bridgehead atoms. The molecule has 0 saturated carbocycles. The maximum absolute atomic E-state index is 12.9. The molecule has 1 unspecified atom stereocenters. The van der Waals surface area contributed by atoms with Crippen molar-refractivity contribution in [1.29, 1.82) is 0 Å². The number of allylic oxidation sites excluding steroid dienone is 1. The van der Waals surface area contributed by atoms with Crippen molar-refractivity contribution < 1.29 is 33.8 Å². The van der Waals surface area contributed by atoms with E-state index in [-0.39, 0.29) is 28.3 Å². The molecule has 3 N–H and O–H groups in total. The van der Waals surface area contributed by atoms with Gasteiger partial charge in [-0.25, -0.2) is 4.98 Å². The third-order valence-corrected chi connectivity index (χ3v) is 7.50. The summed E-state index contributed by atoms with van der Waals surface area (Å²) in [6, 6.07) is -0.938. The van der Waals surface area contributed by atoms with E-state index in [0.29, 0.717) is 16.0 Å². The number of nitrogens with two attached hydrogens (primary N) is 1. The normalized spacial score (nSPS) is 26.4. The predicted octanol–water partition coefficient (Wildman–Crippen LogP) is -1.18. The van der Waals surface area contributed by atoms with Crippen molar-refractivity contribution in [2.24, 2.45) is 5.16 Å². The highest BCUT2D eigenvalue weighted by atomic mass is 32.2. The van der Waals surface area contributed by atoms with Gasteiger partial charge in [0.25, 0.3) is 11.8 Å². The average Bonchev–Trinajstić information content (AvgIpc) is 3.37. The number of nitrogens with one attached hydrogen (secondary N) is 1. The molecule has 0 spiro atoms. The number of quaternary nitrogens is 1. The summed E-state index contributed by atoms with van der Waals surface area (Å²) in [5.74, 6) is -2.37. The molecule has 4 heterocycles. The lowest BCUT2D eigenvalue weighted by Crippen LogP contribution is -2.71. The van der Waals surface area contributed by atoms with Gasteiger partial charge in [0.05, 0.1) is 25.8 Å². The molecular weight excluding hydrogens is 484 g/mol. The molecule has 0 aromatic carbocycles. The molecule has 3 atom stereocenters. The lowest BCUT2D eigenvalue weighted by molar-refractivity contribution is -1.06. The van der Waals surface area contributed by atoms with E-state index in [0.717, 1.165) is 29.2 Å². The summed E-state index contributed by atoms with van der Waals surface area (Å²) < 4.78 is 0.423. The molecule has 3 aliphatic rings. The van der Waals surface area contributed by atoms with Crippen LogP contribution in [0.1, 0.15) is 12.1 Å². The summed E-state index contributed by atoms with van der Waals surface area (Å²) in [5.41, 5.74) is 5.96. The van der Waals surface area contributed by atoms with Crippen molar-refractivity contribution >= 4 is 51.7 Å². The number of thioether (sulfide) groups is 1. The van der Waals surface area contributed by atoms with Gasteiger partial charge in [-0.05, 0) is 11.6 Å². The number of thiazole rings is 1. The van der Waals surface area contributed by atoms with Crippen LogP contribution in [0.25, 0.3) is 0 Å². The molecule has 34 heavy (non-hydrogen) atoms. The molecule has 2 amide bonds. The number of nitrogens with zero attached hydrogens (tertiary/aromatic N) is 4. The predicted molar refractivity (Wildman–Crippen MR) is 123 cm³/mol. The van der Waals surface area contributed by atoms with E-state index >= 15 is 0 Å². The van der Waals surface area contributed by atoms with Gasteiger partial charge in [0.1, 0.15) is 36.9 Å². The molecule has 1 aromatic rings. The summed E-state index contributed by atoms with van der Waals surface area (Å²) in [7, 11) is 5.17.